The van der Waals surface area contributed by atoms with E-state index in [-0.39, 0.29) is 11.5 Å². The summed E-state index contributed by atoms with van der Waals surface area (Å²) in [6.07, 6.45) is 1.65. The number of rotatable bonds is 8. The molecule has 0 atom stereocenters. The molecule has 3 aromatic rings. The van der Waals surface area contributed by atoms with Gasteiger partial charge < -0.3 is 14.8 Å². The van der Waals surface area contributed by atoms with Crippen LogP contribution in [0.3, 0.4) is 0 Å². The van der Waals surface area contributed by atoms with Crippen LogP contribution in [0.25, 0.3) is 22.3 Å². The van der Waals surface area contributed by atoms with E-state index in [0.29, 0.717) is 31.2 Å². The summed E-state index contributed by atoms with van der Waals surface area (Å²) in [5.74, 6) is 1.88. The summed E-state index contributed by atoms with van der Waals surface area (Å²) in [5.41, 5.74) is 3.46. The predicted molar refractivity (Wildman–Crippen MR) is 127 cm³/mol. The number of aromatic nitrogens is 1. The number of hydrogen-bond acceptors (Lipinski definition) is 4. The highest BCUT2D eigenvalue weighted by Gasteiger charge is 2.15. The van der Waals surface area contributed by atoms with E-state index in [2.05, 4.69) is 5.32 Å². The Labute approximate surface area is 189 Å². The van der Waals surface area contributed by atoms with E-state index < -0.39 is 0 Å². The van der Waals surface area contributed by atoms with Crippen molar-refractivity contribution in [2.75, 3.05) is 19.8 Å². The molecule has 6 heteroatoms. The standard InChI is InChI=1S/C26H31N3O3/c1-5-31-21-11-7-19(8-12-21)23-15-16-29(26(30)28-17-18(3)4)25(27)24(23)20-9-13-22(14-10-20)32-6-2/h7-16,18,27H,5-6,17H2,1-4H3,(H,28,30). The fraction of sp³-hybridized carbons (Fsp3) is 0.308. The van der Waals surface area contributed by atoms with Gasteiger partial charge in [-0.2, -0.15) is 0 Å². The summed E-state index contributed by atoms with van der Waals surface area (Å²) >= 11 is 0. The lowest BCUT2D eigenvalue weighted by Crippen LogP contribution is -2.38. The van der Waals surface area contributed by atoms with Crippen LogP contribution in [0, 0.1) is 11.3 Å². The van der Waals surface area contributed by atoms with Crippen LogP contribution in [-0.2, 0) is 0 Å². The minimum atomic E-state index is -0.311. The van der Waals surface area contributed by atoms with Crippen molar-refractivity contribution in [3.05, 3.63) is 66.3 Å². The normalized spacial score (nSPS) is 10.8. The number of hydrogen-bond donors (Lipinski definition) is 2. The van der Waals surface area contributed by atoms with E-state index in [0.717, 1.165) is 28.2 Å². The van der Waals surface area contributed by atoms with Crippen molar-refractivity contribution in [3.63, 3.8) is 0 Å². The molecular weight excluding hydrogens is 402 g/mol. The fourth-order valence-corrected chi connectivity index (χ4v) is 3.42. The molecule has 3 rings (SSSR count). The van der Waals surface area contributed by atoms with Crippen LogP contribution < -0.4 is 20.3 Å². The number of pyridine rings is 1. The van der Waals surface area contributed by atoms with Gasteiger partial charge in [0.05, 0.1) is 13.2 Å². The third-order valence-corrected chi connectivity index (χ3v) is 4.95. The molecule has 0 saturated carbocycles. The summed E-state index contributed by atoms with van der Waals surface area (Å²) in [5, 5.41) is 11.8. The van der Waals surface area contributed by atoms with Crippen LogP contribution in [0.1, 0.15) is 27.7 Å². The first kappa shape index (κ1) is 23.1. The summed E-state index contributed by atoms with van der Waals surface area (Å²) < 4.78 is 12.5. The highest BCUT2D eigenvalue weighted by molar-refractivity contribution is 5.85. The van der Waals surface area contributed by atoms with E-state index >= 15 is 0 Å². The van der Waals surface area contributed by atoms with Crippen molar-refractivity contribution in [3.8, 4) is 33.8 Å². The number of ether oxygens (including phenoxy) is 2. The first-order chi connectivity index (χ1) is 15.4. The van der Waals surface area contributed by atoms with E-state index in [1.54, 1.807) is 6.20 Å². The molecule has 0 aliphatic carbocycles. The zero-order chi connectivity index (χ0) is 23.1. The molecule has 0 unspecified atom stereocenters. The molecule has 0 aliphatic heterocycles. The maximum absolute atomic E-state index is 12.8. The fourth-order valence-electron chi connectivity index (χ4n) is 3.42. The van der Waals surface area contributed by atoms with Gasteiger partial charge in [-0.05, 0) is 66.8 Å². The van der Waals surface area contributed by atoms with E-state index in [9.17, 15) is 4.79 Å². The monoisotopic (exact) mass is 433 g/mol. The SMILES string of the molecule is CCOc1ccc(-c2ccn(C(=O)NCC(C)C)c(=N)c2-c2ccc(OCC)cc2)cc1. The Hall–Kier alpha value is -3.54. The number of nitrogens with one attached hydrogen (secondary N) is 2. The second-order valence-corrected chi connectivity index (χ2v) is 7.82. The van der Waals surface area contributed by atoms with Crippen LogP contribution in [-0.4, -0.2) is 30.4 Å². The molecule has 0 spiro atoms. The zero-order valence-corrected chi connectivity index (χ0v) is 19.1. The minimum Gasteiger partial charge on any atom is -0.494 e. The van der Waals surface area contributed by atoms with Crippen molar-refractivity contribution in [1.29, 1.82) is 5.41 Å². The highest BCUT2D eigenvalue weighted by Crippen LogP contribution is 2.31. The minimum absolute atomic E-state index is 0.127. The molecule has 1 heterocycles. The maximum Gasteiger partial charge on any atom is 0.327 e. The van der Waals surface area contributed by atoms with Crippen molar-refractivity contribution < 1.29 is 14.3 Å². The third-order valence-electron chi connectivity index (χ3n) is 4.95. The summed E-state index contributed by atoms with van der Waals surface area (Å²) in [6, 6.07) is 17.0. The van der Waals surface area contributed by atoms with Crippen LogP contribution in [0.4, 0.5) is 4.79 Å². The van der Waals surface area contributed by atoms with Crippen molar-refractivity contribution in [2.45, 2.75) is 27.7 Å². The molecule has 0 bridgehead atoms. The number of carbonyl (C=O) groups excluding carboxylic acids is 1. The molecule has 2 N–H and O–H groups in total. The third kappa shape index (κ3) is 5.38. The topological polar surface area (TPSA) is 76.3 Å². The Morgan fingerprint density at radius 2 is 1.44 bits per heavy atom. The Morgan fingerprint density at radius 3 is 1.94 bits per heavy atom. The quantitative estimate of drug-likeness (QED) is 0.505. The lowest BCUT2D eigenvalue weighted by molar-refractivity contribution is 0.240. The largest absolute Gasteiger partial charge is 0.494 e. The second-order valence-electron chi connectivity index (χ2n) is 7.82. The Kier molecular flexibility index (Phi) is 7.71. The number of carbonyl (C=O) groups is 1. The van der Waals surface area contributed by atoms with Gasteiger partial charge in [0.2, 0.25) is 0 Å². The average Bonchev–Trinajstić information content (AvgIpc) is 2.79. The summed E-state index contributed by atoms with van der Waals surface area (Å²) in [6.45, 7) is 9.69. The van der Waals surface area contributed by atoms with Crippen LogP contribution in [0.5, 0.6) is 11.5 Å². The van der Waals surface area contributed by atoms with Crippen molar-refractivity contribution >= 4 is 6.03 Å². The molecule has 6 nitrogen and oxygen atoms in total. The van der Waals surface area contributed by atoms with Crippen LogP contribution in [0.15, 0.2) is 60.8 Å². The lowest BCUT2D eigenvalue weighted by atomic mass is 9.96. The first-order valence-electron chi connectivity index (χ1n) is 11.0. The van der Waals surface area contributed by atoms with Gasteiger partial charge in [-0.15, -0.1) is 0 Å². The molecule has 1 amide bonds. The number of benzene rings is 2. The van der Waals surface area contributed by atoms with Gasteiger partial charge in [0.25, 0.3) is 0 Å². The van der Waals surface area contributed by atoms with Gasteiger partial charge in [-0.25, -0.2) is 4.79 Å². The van der Waals surface area contributed by atoms with Gasteiger partial charge in [0.1, 0.15) is 17.0 Å². The van der Waals surface area contributed by atoms with E-state index in [1.165, 1.54) is 4.57 Å². The van der Waals surface area contributed by atoms with Gasteiger partial charge >= 0.3 is 6.03 Å². The average molecular weight is 434 g/mol. The molecular formula is C26H31N3O3. The molecule has 1 aromatic heterocycles. The van der Waals surface area contributed by atoms with Crippen LogP contribution >= 0.6 is 0 Å². The Bertz CT molecular complexity index is 1100. The van der Waals surface area contributed by atoms with Gasteiger partial charge in [0, 0.05) is 18.3 Å². The highest BCUT2D eigenvalue weighted by atomic mass is 16.5. The molecule has 2 aromatic carbocycles. The first-order valence-corrected chi connectivity index (χ1v) is 11.0. The van der Waals surface area contributed by atoms with Crippen LogP contribution in [0.2, 0.25) is 0 Å². The van der Waals surface area contributed by atoms with Gasteiger partial charge in [-0.3, -0.25) is 9.98 Å². The lowest BCUT2D eigenvalue weighted by Gasteiger charge is -2.16. The smallest absolute Gasteiger partial charge is 0.327 e. The Balaban J connectivity index is 2.10. The molecule has 0 fully saturated rings. The zero-order valence-electron chi connectivity index (χ0n) is 19.1. The molecule has 0 aliphatic rings. The second kappa shape index (κ2) is 10.7. The summed E-state index contributed by atoms with van der Waals surface area (Å²) in [7, 11) is 0. The molecule has 0 saturated heterocycles. The number of amides is 1. The van der Waals surface area contributed by atoms with Crippen molar-refractivity contribution in [2.24, 2.45) is 5.92 Å². The molecule has 168 valence electrons. The van der Waals surface area contributed by atoms with E-state index in [1.807, 2.05) is 82.3 Å². The maximum atomic E-state index is 12.8. The number of nitrogens with zero attached hydrogens (tertiary/aromatic N) is 1. The summed E-state index contributed by atoms with van der Waals surface area (Å²) in [4.78, 5) is 12.8. The Morgan fingerprint density at radius 1 is 0.906 bits per heavy atom. The molecule has 0 radical (unpaired) electrons. The predicted octanol–water partition coefficient (Wildman–Crippen LogP) is 5.31. The van der Waals surface area contributed by atoms with Gasteiger partial charge in [-0.1, -0.05) is 38.1 Å². The van der Waals surface area contributed by atoms with Gasteiger partial charge in [0.15, 0.2) is 0 Å². The van der Waals surface area contributed by atoms with E-state index in [4.69, 9.17) is 14.9 Å². The molecule has 32 heavy (non-hydrogen) atoms. The van der Waals surface area contributed by atoms with Crippen molar-refractivity contribution in [1.82, 2.24) is 9.88 Å².